The molecule has 0 aromatic carbocycles. The third kappa shape index (κ3) is 3.22. The molecular formula is C14H17ClN6O3S2. The van der Waals surface area contributed by atoms with Crippen LogP contribution in [0.15, 0.2) is 33.3 Å². The van der Waals surface area contributed by atoms with Gasteiger partial charge in [0.05, 0.1) is 17.4 Å². The number of aryl methyl sites for hydroxylation is 1. The van der Waals surface area contributed by atoms with E-state index in [0.717, 1.165) is 19.3 Å². The van der Waals surface area contributed by atoms with Gasteiger partial charge in [0.15, 0.2) is 5.82 Å². The highest BCUT2D eigenvalue weighted by Crippen LogP contribution is 2.39. The first-order valence-electron chi connectivity index (χ1n) is 7.60. The first-order valence-corrected chi connectivity index (χ1v) is 9.96. The van der Waals surface area contributed by atoms with Crippen LogP contribution in [0, 0.1) is 0 Å². The summed E-state index contributed by atoms with van der Waals surface area (Å²) in [6.07, 6.45) is 5.62. The lowest BCUT2D eigenvalue weighted by Crippen LogP contribution is -2.44. The number of nitrogens with zero attached hydrogens (tertiary/aromatic N) is 4. The van der Waals surface area contributed by atoms with Gasteiger partial charge in [0, 0.05) is 13.2 Å². The van der Waals surface area contributed by atoms with Gasteiger partial charge in [0.25, 0.3) is 15.9 Å². The Hall–Kier alpha value is -1.95. The van der Waals surface area contributed by atoms with E-state index in [2.05, 4.69) is 20.0 Å². The van der Waals surface area contributed by atoms with Gasteiger partial charge in [-0.3, -0.25) is 9.40 Å². The molecule has 4 rings (SSSR count). The first kappa shape index (κ1) is 18.8. The third-order valence-electron chi connectivity index (χ3n) is 4.19. The molecule has 140 valence electrons. The van der Waals surface area contributed by atoms with Crippen molar-refractivity contribution < 1.29 is 12.9 Å². The van der Waals surface area contributed by atoms with Gasteiger partial charge in [0.2, 0.25) is 0 Å². The van der Waals surface area contributed by atoms with Crippen molar-refractivity contribution in [2.75, 3.05) is 4.72 Å². The molecule has 0 amide bonds. The minimum absolute atomic E-state index is 0. The molecule has 0 aliphatic heterocycles. The minimum atomic E-state index is -3.81. The fourth-order valence-electron chi connectivity index (χ4n) is 2.65. The standard InChI is InChI=1S/C14H16N6O3S2.ClH/c1-20-8-9(7-16-20)19-25(21,22)10-3-6-24-11(10)12-17-13(18-23-12)14(15)4-2-5-14;/h3,6-8,19H,2,4-5,15H2,1H3;1H. The smallest absolute Gasteiger partial charge is 0.269 e. The van der Waals surface area contributed by atoms with Crippen LogP contribution in [-0.4, -0.2) is 28.3 Å². The van der Waals surface area contributed by atoms with Crippen molar-refractivity contribution in [3.05, 3.63) is 29.7 Å². The molecule has 0 atom stereocenters. The molecule has 3 aromatic rings. The Bertz CT molecular complexity index is 1020. The SMILES string of the molecule is Cl.Cn1cc(NS(=O)(=O)c2ccsc2-c2nc(C3(N)CCC3)no2)cn1. The average molecular weight is 417 g/mol. The van der Waals surface area contributed by atoms with Crippen molar-refractivity contribution in [3.8, 4) is 10.8 Å². The predicted octanol–water partition coefficient (Wildman–Crippen LogP) is 2.09. The summed E-state index contributed by atoms with van der Waals surface area (Å²) < 4.78 is 34.6. The molecule has 9 nitrogen and oxygen atoms in total. The van der Waals surface area contributed by atoms with Gasteiger partial charge in [-0.05, 0) is 30.7 Å². The molecule has 0 bridgehead atoms. The van der Waals surface area contributed by atoms with Gasteiger partial charge >= 0.3 is 0 Å². The lowest BCUT2D eigenvalue weighted by atomic mass is 9.77. The Balaban J connectivity index is 0.00000196. The molecule has 3 heterocycles. The summed E-state index contributed by atoms with van der Waals surface area (Å²) in [5.74, 6) is 0.582. The number of hydrogen-bond acceptors (Lipinski definition) is 8. The first-order chi connectivity index (χ1) is 11.9. The zero-order chi connectivity index (χ0) is 17.7. The van der Waals surface area contributed by atoms with Crippen LogP contribution in [-0.2, 0) is 22.6 Å². The molecule has 0 saturated heterocycles. The maximum absolute atomic E-state index is 12.7. The summed E-state index contributed by atoms with van der Waals surface area (Å²) in [5.41, 5.74) is 6.01. The maximum Gasteiger partial charge on any atom is 0.269 e. The van der Waals surface area contributed by atoms with Crippen molar-refractivity contribution >= 4 is 39.5 Å². The molecule has 1 fully saturated rings. The van der Waals surface area contributed by atoms with Crippen LogP contribution in [0.5, 0.6) is 0 Å². The monoisotopic (exact) mass is 416 g/mol. The van der Waals surface area contributed by atoms with E-state index in [9.17, 15) is 8.42 Å². The van der Waals surface area contributed by atoms with Crippen molar-refractivity contribution in [3.63, 3.8) is 0 Å². The number of thiophene rings is 1. The topological polar surface area (TPSA) is 129 Å². The second-order valence-electron chi connectivity index (χ2n) is 6.05. The minimum Gasteiger partial charge on any atom is -0.333 e. The summed E-state index contributed by atoms with van der Waals surface area (Å²) in [5, 5.41) is 9.56. The van der Waals surface area contributed by atoms with Crippen LogP contribution in [0.3, 0.4) is 0 Å². The lowest BCUT2D eigenvalue weighted by Gasteiger charge is -2.34. The largest absolute Gasteiger partial charge is 0.333 e. The fourth-order valence-corrected chi connectivity index (χ4v) is 5.02. The summed E-state index contributed by atoms with van der Waals surface area (Å²) in [6, 6.07) is 1.50. The Morgan fingerprint density at radius 2 is 2.19 bits per heavy atom. The van der Waals surface area contributed by atoms with Crippen LogP contribution in [0.2, 0.25) is 0 Å². The van der Waals surface area contributed by atoms with E-state index in [4.69, 9.17) is 10.3 Å². The molecular weight excluding hydrogens is 400 g/mol. The molecule has 3 N–H and O–H groups in total. The number of anilines is 1. The highest BCUT2D eigenvalue weighted by molar-refractivity contribution is 7.93. The highest BCUT2D eigenvalue weighted by Gasteiger charge is 2.39. The number of nitrogens with two attached hydrogens (primary N) is 1. The van der Waals surface area contributed by atoms with Gasteiger partial charge in [0.1, 0.15) is 9.77 Å². The van der Waals surface area contributed by atoms with Gasteiger partial charge < -0.3 is 10.3 Å². The summed E-state index contributed by atoms with van der Waals surface area (Å²) in [4.78, 5) is 4.80. The Morgan fingerprint density at radius 1 is 1.42 bits per heavy atom. The number of nitrogens with one attached hydrogen (secondary N) is 1. The number of sulfonamides is 1. The van der Waals surface area contributed by atoms with Gasteiger partial charge in [-0.15, -0.1) is 23.7 Å². The van der Waals surface area contributed by atoms with E-state index in [1.807, 2.05) is 0 Å². The quantitative estimate of drug-likeness (QED) is 0.651. The zero-order valence-corrected chi connectivity index (χ0v) is 16.2. The number of aromatic nitrogens is 4. The Morgan fingerprint density at radius 3 is 2.81 bits per heavy atom. The average Bonchev–Trinajstić information content (AvgIpc) is 3.23. The van der Waals surface area contributed by atoms with Crippen molar-refractivity contribution in [1.82, 2.24) is 19.9 Å². The second-order valence-corrected chi connectivity index (χ2v) is 8.62. The predicted molar refractivity (Wildman–Crippen MR) is 98.6 cm³/mol. The summed E-state index contributed by atoms with van der Waals surface area (Å²) >= 11 is 1.22. The van der Waals surface area contributed by atoms with Crippen molar-refractivity contribution in [1.29, 1.82) is 0 Å². The highest BCUT2D eigenvalue weighted by atomic mass is 35.5. The van der Waals surface area contributed by atoms with E-state index < -0.39 is 15.6 Å². The van der Waals surface area contributed by atoms with Gasteiger partial charge in [-0.2, -0.15) is 10.1 Å². The number of halogens is 1. The van der Waals surface area contributed by atoms with Crippen LogP contribution >= 0.6 is 23.7 Å². The Labute approximate surface area is 160 Å². The molecule has 26 heavy (non-hydrogen) atoms. The number of rotatable bonds is 5. The molecule has 1 saturated carbocycles. The van der Waals surface area contributed by atoms with E-state index in [-0.39, 0.29) is 23.2 Å². The zero-order valence-electron chi connectivity index (χ0n) is 13.7. The molecule has 1 aliphatic carbocycles. The lowest BCUT2D eigenvalue weighted by molar-refractivity contribution is 0.229. The third-order valence-corrected chi connectivity index (χ3v) is 6.64. The van der Waals surface area contributed by atoms with Crippen LogP contribution in [0.4, 0.5) is 5.69 Å². The fraction of sp³-hybridized carbons (Fsp3) is 0.357. The molecule has 0 spiro atoms. The van der Waals surface area contributed by atoms with Crippen molar-refractivity contribution in [2.45, 2.75) is 29.7 Å². The second kappa shape index (κ2) is 6.65. The van der Waals surface area contributed by atoms with Gasteiger partial charge in [-0.25, -0.2) is 8.42 Å². The molecule has 0 unspecified atom stereocenters. The molecule has 1 aliphatic rings. The maximum atomic E-state index is 12.7. The summed E-state index contributed by atoms with van der Waals surface area (Å²) in [7, 11) is -2.10. The molecule has 12 heteroatoms. The van der Waals surface area contributed by atoms with Gasteiger partial charge in [-0.1, -0.05) is 5.16 Å². The van der Waals surface area contributed by atoms with E-state index in [1.54, 1.807) is 18.6 Å². The number of hydrogen-bond donors (Lipinski definition) is 2. The van der Waals surface area contributed by atoms with E-state index in [0.29, 0.717) is 16.4 Å². The van der Waals surface area contributed by atoms with Crippen molar-refractivity contribution in [2.24, 2.45) is 12.8 Å². The van der Waals surface area contributed by atoms with Crippen LogP contribution in [0.25, 0.3) is 10.8 Å². The van der Waals surface area contributed by atoms with Crippen LogP contribution in [0.1, 0.15) is 25.1 Å². The Kier molecular flexibility index (Phi) is 4.82. The van der Waals surface area contributed by atoms with E-state index in [1.165, 1.54) is 28.3 Å². The normalized spacial score (nSPS) is 15.9. The summed E-state index contributed by atoms with van der Waals surface area (Å²) in [6.45, 7) is 0. The molecule has 0 radical (unpaired) electrons. The van der Waals surface area contributed by atoms with E-state index >= 15 is 0 Å². The molecule has 3 aromatic heterocycles. The van der Waals surface area contributed by atoms with Crippen LogP contribution < -0.4 is 10.5 Å².